The lowest BCUT2D eigenvalue weighted by atomic mass is 9.82. The average molecular weight is 245 g/mol. The minimum absolute atomic E-state index is 0.109. The molecule has 1 fully saturated rings. The molecule has 1 heterocycles. The number of nitrogens with zero attached hydrogens (tertiary/aromatic N) is 1. The molecular formula is C11H19NO3S. The Balaban J connectivity index is 2.55. The van der Waals surface area contributed by atoms with Crippen molar-refractivity contribution in [1.29, 1.82) is 5.26 Å². The van der Waals surface area contributed by atoms with Crippen LogP contribution in [0, 0.1) is 16.7 Å². The number of rotatable bonds is 5. The Labute approximate surface area is 97.5 Å². The molecule has 0 aliphatic carbocycles. The van der Waals surface area contributed by atoms with Crippen molar-refractivity contribution in [2.75, 3.05) is 24.7 Å². The number of nitriles is 1. The molecule has 0 saturated carbocycles. The monoisotopic (exact) mass is 245 g/mol. The van der Waals surface area contributed by atoms with Gasteiger partial charge in [-0.25, -0.2) is 8.42 Å². The third kappa shape index (κ3) is 3.76. The molecule has 0 aromatic carbocycles. The lowest BCUT2D eigenvalue weighted by Gasteiger charge is -2.30. The largest absolute Gasteiger partial charge is 0.380 e. The van der Waals surface area contributed by atoms with Gasteiger partial charge in [0.05, 0.1) is 23.8 Å². The van der Waals surface area contributed by atoms with Gasteiger partial charge in [0.2, 0.25) is 0 Å². The van der Waals surface area contributed by atoms with Crippen molar-refractivity contribution in [3.63, 3.8) is 0 Å². The second kappa shape index (κ2) is 5.65. The van der Waals surface area contributed by atoms with Gasteiger partial charge in [0.1, 0.15) is 9.84 Å². The topological polar surface area (TPSA) is 67.2 Å². The van der Waals surface area contributed by atoms with Gasteiger partial charge in [0, 0.05) is 12.4 Å². The van der Waals surface area contributed by atoms with Crippen LogP contribution in [-0.2, 0) is 14.6 Å². The molecule has 0 amide bonds. The molecule has 1 atom stereocenters. The summed E-state index contributed by atoms with van der Waals surface area (Å²) in [6.07, 6.45) is 2.65. The normalized spacial score (nSPS) is 26.2. The standard InChI is InChI=1S/C11H19NO3S/c1-2-7-16(13,14)8-5-11(9-12)4-3-6-15-10-11/h2-8,10H2,1H3. The fourth-order valence-corrected chi connectivity index (χ4v) is 3.49. The van der Waals surface area contributed by atoms with E-state index in [0.717, 1.165) is 12.8 Å². The van der Waals surface area contributed by atoms with Crippen LogP contribution in [-0.4, -0.2) is 33.1 Å². The van der Waals surface area contributed by atoms with E-state index < -0.39 is 15.3 Å². The highest BCUT2D eigenvalue weighted by Crippen LogP contribution is 2.31. The zero-order valence-corrected chi connectivity index (χ0v) is 10.6. The first-order valence-electron chi connectivity index (χ1n) is 5.73. The van der Waals surface area contributed by atoms with E-state index in [1.807, 2.05) is 6.92 Å². The van der Waals surface area contributed by atoms with Crippen molar-refractivity contribution < 1.29 is 13.2 Å². The molecule has 1 saturated heterocycles. The molecule has 0 bridgehead atoms. The predicted molar refractivity (Wildman–Crippen MR) is 61.7 cm³/mol. The second-order valence-electron chi connectivity index (χ2n) is 4.45. The van der Waals surface area contributed by atoms with Crippen molar-refractivity contribution in [2.45, 2.75) is 32.6 Å². The summed E-state index contributed by atoms with van der Waals surface area (Å²) in [6.45, 7) is 2.91. The number of hydrogen-bond acceptors (Lipinski definition) is 4. The van der Waals surface area contributed by atoms with Crippen molar-refractivity contribution in [3.05, 3.63) is 0 Å². The SMILES string of the molecule is CCCS(=O)(=O)CCC1(C#N)CCCOC1. The summed E-state index contributed by atoms with van der Waals surface area (Å²) >= 11 is 0. The molecule has 92 valence electrons. The maximum Gasteiger partial charge on any atom is 0.150 e. The molecule has 0 spiro atoms. The minimum Gasteiger partial charge on any atom is -0.380 e. The highest BCUT2D eigenvalue weighted by atomic mass is 32.2. The third-order valence-corrected chi connectivity index (χ3v) is 4.82. The summed E-state index contributed by atoms with van der Waals surface area (Å²) in [5.41, 5.74) is -0.570. The summed E-state index contributed by atoms with van der Waals surface area (Å²) < 4.78 is 28.4. The maximum atomic E-state index is 11.6. The van der Waals surface area contributed by atoms with E-state index in [2.05, 4.69) is 6.07 Å². The van der Waals surface area contributed by atoms with Crippen LogP contribution in [0.25, 0.3) is 0 Å². The van der Waals surface area contributed by atoms with Crippen LogP contribution in [0.4, 0.5) is 0 Å². The molecule has 0 radical (unpaired) electrons. The second-order valence-corrected chi connectivity index (χ2v) is 6.75. The molecule has 16 heavy (non-hydrogen) atoms. The van der Waals surface area contributed by atoms with E-state index >= 15 is 0 Å². The van der Waals surface area contributed by atoms with Crippen LogP contribution in [0.1, 0.15) is 32.6 Å². The summed E-state index contributed by atoms with van der Waals surface area (Å²) in [4.78, 5) is 0. The Morgan fingerprint density at radius 1 is 1.44 bits per heavy atom. The van der Waals surface area contributed by atoms with Crippen LogP contribution in [0.15, 0.2) is 0 Å². The smallest absolute Gasteiger partial charge is 0.150 e. The molecular weight excluding hydrogens is 226 g/mol. The lowest BCUT2D eigenvalue weighted by molar-refractivity contribution is 0.0208. The maximum absolute atomic E-state index is 11.6. The van der Waals surface area contributed by atoms with E-state index in [0.29, 0.717) is 26.1 Å². The van der Waals surface area contributed by atoms with Gasteiger partial charge in [0.25, 0.3) is 0 Å². The highest BCUT2D eigenvalue weighted by Gasteiger charge is 2.34. The van der Waals surface area contributed by atoms with Crippen molar-refractivity contribution in [1.82, 2.24) is 0 Å². The van der Waals surface area contributed by atoms with Gasteiger partial charge in [0.15, 0.2) is 0 Å². The van der Waals surface area contributed by atoms with E-state index in [-0.39, 0.29) is 11.5 Å². The fourth-order valence-electron chi connectivity index (χ4n) is 1.96. The van der Waals surface area contributed by atoms with Gasteiger partial charge >= 0.3 is 0 Å². The molecule has 0 aromatic heterocycles. The Hall–Kier alpha value is -0.600. The molecule has 1 unspecified atom stereocenters. The van der Waals surface area contributed by atoms with E-state index in [9.17, 15) is 8.42 Å². The molecule has 5 heteroatoms. The minimum atomic E-state index is -2.99. The Morgan fingerprint density at radius 2 is 2.19 bits per heavy atom. The molecule has 1 rings (SSSR count). The quantitative estimate of drug-likeness (QED) is 0.736. The molecule has 1 aliphatic heterocycles. The number of sulfone groups is 1. The molecule has 0 N–H and O–H groups in total. The Bertz CT molecular complexity index is 350. The number of ether oxygens (including phenoxy) is 1. The average Bonchev–Trinajstić information content (AvgIpc) is 2.28. The first-order chi connectivity index (χ1) is 7.54. The van der Waals surface area contributed by atoms with Crippen molar-refractivity contribution in [2.24, 2.45) is 5.41 Å². The van der Waals surface area contributed by atoms with Gasteiger partial charge in [-0.2, -0.15) is 5.26 Å². The summed E-state index contributed by atoms with van der Waals surface area (Å²) in [6, 6.07) is 2.24. The van der Waals surface area contributed by atoms with Gasteiger partial charge in [-0.3, -0.25) is 0 Å². The van der Waals surface area contributed by atoms with Gasteiger partial charge in [-0.1, -0.05) is 6.92 Å². The highest BCUT2D eigenvalue weighted by molar-refractivity contribution is 7.91. The fraction of sp³-hybridized carbons (Fsp3) is 0.909. The zero-order chi connectivity index (χ0) is 12.1. The first-order valence-corrected chi connectivity index (χ1v) is 7.55. The van der Waals surface area contributed by atoms with Crippen molar-refractivity contribution >= 4 is 9.84 Å². The van der Waals surface area contributed by atoms with Gasteiger partial charge < -0.3 is 4.74 Å². The Morgan fingerprint density at radius 3 is 2.69 bits per heavy atom. The van der Waals surface area contributed by atoms with Gasteiger partial charge in [-0.15, -0.1) is 0 Å². The van der Waals surface area contributed by atoms with Crippen LogP contribution in [0.5, 0.6) is 0 Å². The Kier molecular flexibility index (Phi) is 4.75. The number of hydrogen-bond donors (Lipinski definition) is 0. The molecule has 0 aromatic rings. The summed E-state index contributed by atoms with van der Waals surface area (Å²) in [5, 5.41) is 9.14. The van der Waals surface area contributed by atoms with Crippen LogP contribution in [0.2, 0.25) is 0 Å². The lowest BCUT2D eigenvalue weighted by Crippen LogP contribution is -2.32. The third-order valence-electron chi connectivity index (χ3n) is 2.97. The van der Waals surface area contributed by atoms with Crippen molar-refractivity contribution in [3.8, 4) is 6.07 Å². The predicted octanol–water partition coefficient (Wildman–Crippen LogP) is 1.52. The molecule has 4 nitrogen and oxygen atoms in total. The van der Waals surface area contributed by atoms with E-state index in [1.165, 1.54) is 0 Å². The van der Waals surface area contributed by atoms with Crippen LogP contribution in [0.3, 0.4) is 0 Å². The van der Waals surface area contributed by atoms with E-state index in [1.54, 1.807) is 0 Å². The first kappa shape index (κ1) is 13.5. The van der Waals surface area contributed by atoms with Gasteiger partial charge in [-0.05, 0) is 25.7 Å². The zero-order valence-electron chi connectivity index (χ0n) is 9.74. The van der Waals surface area contributed by atoms with Crippen LogP contribution >= 0.6 is 0 Å². The summed E-state index contributed by atoms with van der Waals surface area (Å²) in [7, 11) is -2.99. The molecule has 1 aliphatic rings. The summed E-state index contributed by atoms with van der Waals surface area (Å²) in [5.74, 6) is 0.327. The van der Waals surface area contributed by atoms with Crippen LogP contribution < -0.4 is 0 Å². The van der Waals surface area contributed by atoms with E-state index in [4.69, 9.17) is 10.00 Å².